The Morgan fingerprint density at radius 2 is 1.59 bits per heavy atom. The van der Waals surface area contributed by atoms with Gasteiger partial charge in [0.25, 0.3) is 0 Å². The zero-order valence-corrected chi connectivity index (χ0v) is 11.1. The van der Waals surface area contributed by atoms with E-state index in [1.165, 1.54) is 25.0 Å². The van der Waals surface area contributed by atoms with Crippen LogP contribution in [0.25, 0.3) is 0 Å². The minimum absolute atomic E-state index is 0.583. The minimum Gasteiger partial charge on any atom is -0.354 e. The average molecular weight is 229 g/mol. The minimum atomic E-state index is 0.583. The molecule has 4 fully saturated rings. The fourth-order valence-electron chi connectivity index (χ4n) is 5.61. The number of aromatic nitrogens is 1. The van der Waals surface area contributed by atoms with E-state index in [2.05, 4.69) is 30.8 Å². The van der Waals surface area contributed by atoms with E-state index >= 15 is 0 Å². The lowest BCUT2D eigenvalue weighted by Crippen LogP contribution is -2.48. The topological polar surface area (TPSA) is 4.93 Å². The van der Waals surface area contributed by atoms with E-state index in [4.69, 9.17) is 0 Å². The Bertz CT molecular complexity index is 419. The standard InChI is InChI=1S/C16H23N/c1-11-15(3-4-17(11)2)16-8-12-5-13(9-16)7-14(6-12)10-16/h3-4,12-14H,5-10H2,1-2H3. The Labute approximate surface area is 104 Å². The van der Waals surface area contributed by atoms with Crippen molar-refractivity contribution in [2.75, 3.05) is 0 Å². The van der Waals surface area contributed by atoms with Crippen LogP contribution in [0.15, 0.2) is 12.3 Å². The molecule has 1 nitrogen and oxygen atoms in total. The van der Waals surface area contributed by atoms with Crippen LogP contribution in [0.5, 0.6) is 0 Å². The summed E-state index contributed by atoms with van der Waals surface area (Å²) in [4.78, 5) is 0. The lowest BCUT2D eigenvalue weighted by atomic mass is 9.48. The second-order valence-electron chi connectivity index (χ2n) is 7.12. The fourth-order valence-corrected chi connectivity index (χ4v) is 5.61. The second-order valence-corrected chi connectivity index (χ2v) is 7.12. The molecule has 1 aromatic heterocycles. The first-order valence-electron chi connectivity index (χ1n) is 7.29. The molecule has 0 spiro atoms. The molecule has 0 aliphatic heterocycles. The van der Waals surface area contributed by atoms with Crippen molar-refractivity contribution >= 4 is 0 Å². The number of nitrogens with zero attached hydrogens (tertiary/aromatic N) is 1. The van der Waals surface area contributed by atoms with Gasteiger partial charge in [-0.25, -0.2) is 0 Å². The van der Waals surface area contributed by atoms with Crippen molar-refractivity contribution in [3.8, 4) is 0 Å². The maximum atomic E-state index is 2.42. The summed E-state index contributed by atoms with van der Waals surface area (Å²) in [6.45, 7) is 2.31. The monoisotopic (exact) mass is 229 g/mol. The van der Waals surface area contributed by atoms with Gasteiger partial charge in [-0.1, -0.05) is 0 Å². The molecule has 1 heteroatoms. The van der Waals surface area contributed by atoms with E-state index in [1.54, 1.807) is 24.8 Å². The second kappa shape index (κ2) is 3.18. The van der Waals surface area contributed by atoms with Crippen molar-refractivity contribution in [2.24, 2.45) is 24.8 Å². The van der Waals surface area contributed by atoms with Crippen LogP contribution in [0, 0.1) is 24.7 Å². The average Bonchev–Trinajstić information content (AvgIpc) is 2.58. The smallest absolute Gasteiger partial charge is 0.0178 e. The summed E-state index contributed by atoms with van der Waals surface area (Å²) in [5.41, 5.74) is 3.80. The van der Waals surface area contributed by atoms with Gasteiger partial charge in [-0.15, -0.1) is 0 Å². The van der Waals surface area contributed by atoms with E-state index in [1.807, 2.05) is 0 Å². The van der Waals surface area contributed by atoms with Crippen LogP contribution < -0.4 is 0 Å². The Morgan fingerprint density at radius 3 is 2.00 bits per heavy atom. The maximum Gasteiger partial charge on any atom is 0.0178 e. The first kappa shape index (κ1) is 10.2. The highest BCUT2D eigenvalue weighted by molar-refractivity contribution is 5.33. The molecule has 0 aromatic carbocycles. The zero-order chi connectivity index (χ0) is 11.6. The van der Waals surface area contributed by atoms with Gasteiger partial charge >= 0.3 is 0 Å². The molecule has 0 saturated heterocycles. The number of rotatable bonds is 1. The summed E-state index contributed by atoms with van der Waals surface area (Å²) >= 11 is 0. The highest BCUT2D eigenvalue weighted by atomic mass is 14.9. The molecule has 0 N–H and O–H groups in total. The molecule has 17 heavy (non-hydrogen) atoms. The molecule has 4 bridgehead atoms. The van der Waals surface area contributed by atoms with Crippen molar-refractivity contribution in [3.05, 3.63) is 23.5 Å². The molecular formula is C16H23N. The number of hydrogen-bond acceptors (Lipinski definition) is 0. The number of hydrogen-bond donors (Lipinski definition) is 0. The van der Waals surface area contributed by atoms with Crippen molar-refractivity contribution in [1.29, 1.82) is 0 Å². The molecule has 5 rings (SSSR count). The molecule has 4 aliphatic rings. The van der Waals surface area contributed by atoms with Crippen molar-refractivity contribution in [2.45, 2.75) is 50.9 Å². The van der Waals surface area contributed by atoms with Crippen LogP contribution in [-0.2, 0) is 12.5 Å². The molecule has 1 aromatic rings. The Morgan fingerprint density at radius 1 is 1.06 bits per heavy atom. The summed E-state index contributed by atoms with van der Waals surface area (Å²) in [5, 5.41) is 0. The molecule has 4 aliphatic carbocycles. The summed E-state index contributed by atoms with van der Waals surface area (Å²) in [7, 11) is 2.19. The molecule has 1 heterocycles. The van der Waals surface area contributed by atoms with Crippen LogP contribution in [0.1, 0.15) is 49.8 Å². The quantitative estimate of drug-likeness (QED) is 0.690. The van der Waals surface area contributed by atoms with Gasteiger partial charge in [-0.05, 0) is 80.2 Å². The van der Waals surface area contributed by atoms with Gasteiger partial charge in [0.15, 0.2) is 0 Å². The third kappa shape index (κ3) is 1.31. The molecule has 0 amide bonds. The highest BCUT2D eigenvalue weighted by Crippen LogP contribution is 2.61. The first-order chi connectivity index (χ1) is 8.16. The molecule has 4 saturated carbocycles. The van der Waals surface area contributed by atoms with Gasteiger partial charge in [0.2, 0.25) is 0 Å². The fraction of sp³-hybridized carbons (Fsp3) is 0.750. The molecule has 0 radical (unpaired) electrons. The molecule has 0 unspecified atom stereocenters. The lowest BCUT2D eigenvalue weighted by molar-refractivity contribution is -0.00547. The van der Waals surface area contributed by atoms with Crippen LogP contribution >= 0.6 is 0 Å². The molecule has 92 valence electrons. The van der Waals surface area contributed by atoms with E-state index in [9.17, 15) is 0 Å². The van der Waals surface area contributed by atoms with Crippen LogP contribution in [0.4, 0.5) is 0 Å². The van der Waals surface area contributed by atoms with E-state index < -0.39 is 0 Å². The predicted octanol–water partition coefficient (Wildman–Crippen LogP) is 3.80. The Balaban J connectivity index is 1.80. The van der Waals surface area contributed by atoms with Crippen molar-refractivity contribution in [3.63, 3.8) is 0 Å². The van der Waals surface area contributed by atoms with Crippen molar-refractivity contribution < 1.29 is 0 Å². The summed E-state index contributed by atoms with van der Waals surface area (Å²) in [6, 6.07) is 2.42. The normalized spacial score (nSPS) is 43.3. The number of aryl methyl sites for hydroxylation is 1. The van der Waals surface area contributed by atoms with Crippen LogP contribution in [0.3, 0.4) is 0 Å². The van der Waals surface area contributed by atoms with Gasteiger partial charge in [0.1, 0.15) is 0 Å². The zero-order valence-electron chi connectivity index (χ0n) is 11.1. The summed E-state index contributed by atoms with van der Waals surface area (Å²) in [6.07, 6.45) is 11.4. The SMILES string of the molecule is Cc1c(C23CC4CC(CC(C4)C2)C3)ccn1C. The highest BCUT2D eigenvalue weighted by Gasteiger charge is 2.52. The predicted molar refractivity (Wildman–Crippen MR) is 70.0 cm³/mol. The third-order valence-electron chi connectivity index (χ3n) is 5.99. The van der Waals surface area contributed by atoms with Gasteiger partial charge in [-0.2, -0.15) is 0 Å². The molecule has 0 atom stereocenters. The Hall–Kier alpha value is -0.720. The van der Waals surface area contributed by atoms with Crippen molar-refractivity contribution in [1.82, 2.24) is 4.57 Å². The van der Waals surface area contributed by atoms with E-state index in [0.29, 0.717) is 5.41 Å². The van der Waals surface area contributed by atoms with E-state index in [-0.39, 0.29) is 0 Å². The first-order valence-corrected chi connectivity index (χ1v) is 7.29. The van der Waals surface area contributed by atoms with Crippen LogP contribution in [-0.4, -0.2) is 4.57 Å². The third-order valence-corrected chi connectivity index (χ3v) is 5.99. The van der Waals surface area contributed by atoms with Crippen LogP contribution in [0.2, 0.25) is 0 Å². The Kier molecular flexibility index (Phi) is 1.92. The van der Waals surface area contributed by atoms with Gasteiger partial charge in [0.05, 0.1) is 0 Å². The van der Waals surface area contributed by atoms with Gasteiger partial charge in [0, 0.05) is 18.9 Å². The van der Waals surface area contributed by atoms with Gasteiger partial charge < -0.3 is 4.57 Å². The van der Waals surface area contributed by atoms with Gasteiger partial charge in [-0.3, -0.25) is 0 Å². The largest absolute Gasteiger partial charge is 0.354 e. The summed E-state index contributed by atoms with van der Waals surface area (Å²) < 4.78 is 2.31. The molecular weight excluding hydrogens is 206 g/mol. The lowest BCUT2D eigenvalue weighted by Gasteiger charge is -2.57. The van der Waals surface area contributed by atoms with E-state index in [0.717, 1.165) is 17.8 Å². The maximum absolute atomic E-state index is 2.42. The summed E-state index contributed by atoms with van der Waals surface area (Å²) in [5.74, 6) is 3.17.